The van der Waals surface area contributed by atoms with Gasteiger partial charge in [0.15, 0.2) is 11.6 Å². The number of hydrogen-bond donors (Lipinski definition) is 2. The number of H-pyrrole nitrogens is 1. The van der Waals surface area contributed by atoms with E-state index < -0.39 is 11.8 Å². The van der Waals surface area contributed by atoms with Gasteiger partial charge in [-0.2, -0.15) is 5.10 Å². The molecule has 3 heterocycles. The number of pyridine rings is 1. The van der Waals surface area contributed by atoms with Gasteiger partial charge in [-0.25, -0.2) is 9.37 Å². The molecular formula is C27H26FN3O5. The monoisotopic (exact) mass is 491 g/mol. The Balaban J connectivity index is 1.57. The summed E-state index contributed by atoms with van der Waals surface area (Å²) >= 11 is 0. The van der Waals surface area contributed by atoms with Crippen LogP contribution in [0.15, 0.2) is 36.5 Å². The number of carbonyl (C=O) groups is 1. The third kappa shape index (κ3) is 3.93. The number of aromatic nitrogens is 3. The van der Waals surface area contributed by atoms with Crippen LogP contribution in [0, 0.1) is 11.7 Å². The van der Waals surface area contributed by atoms with Crippen LogP contribution >= 0.6 is 0 Å². The molecule has 36 heavy (non-hydrogen) atoms. The molecular weight excluding hydrogens is 465 g/mol. The number of fused-ring (bicyclic) bond motifs is 2. The van der Waals surface area contributed by atoms with Gasteiger partial charge in [-0.15, -0.1) is 0 Å². The van der Waals surface area contributed by atoms with E-state index in [0.717, 1.165) is 51.3 Å². The summed E-state index contributed by atoms with van der Waals surface area (Å²) in [6.45, 7) is 1.27. The third-order valence-corrected chi connectivity index (χ3v) is 7.33. The van der Waals surface area contributed by atoms with E-state index in [1.54, 1.807) is 18.3 Å². The van der Waals surface area contributed by atoms with Crippen molar-refractivity contribution in [3.05, 3.63) is 48.0 Å². The lowest BCUT2D eigenvalue weighted by Crippen LogP contribution is -2.38. The minimum Gasteiger partial charge on any atom is -0.494 e. The van der Waals surface area contributed by atoms with Crippen LogP contribution in [0.3, 0.4) is 0 Å². The van der Waals surface area contributed by atoms with Gasteiger partial charge in [0, 0.05) is 35.5 Å². The van der Waals surface area contributed by atoms with Crippen molar-refractivity contribution in [2.45, 2.75) is 37.7 Å². The Bertz CT molecular complexity index is 1460. The fourth-order valence-electron chi connectivity index (χ4n) is 5.24. The quantitative estimate of drug-likeness (QED) is 0.388. The molecule has 2 aromatic carbocycles. The largest absolute Gasteiger partial charge is 0.494 e. The molecule has 0 amide bonds. The predicted octanol–water partition coefficient (Wildman–Crippen LogP) is 5.06. The van der Waals surface area contributed by atoms with Gasteiger partial charge in [0.2, 0.25) is 5.88 Å². The fraction of sp³-hybridized carbons (Fsp3) is 0.370. The summed E-state index contributed by atoms with van der Waals surface area (Å²) in [5.74, 6) is -0.838. The van der Waals surface area contributed by atoms with Crippen LogP contribution in [0.5, 0.6) is 11.6 Å². The molecule has 1 saturated heterocycles. The fourth-order valence-corrected chi connectivity index (χ4v) is 5.24. The molecule has 1 aliphatic heterocycles. The second kappa shape index (κ2) is 9.05. The zero-order valence-electron chi connectivity index (χ0n) is 19.8. The van der Waals surface area contributed by atoms with Gasteiger partial charge in [-0.05, 0) is 60.9 Å². The number of benzene rings is 2. The third-order valence-electron chi connectivity index (χ3n) is 7.33. The maximum Gasteiger partial charge on any atom is 0.306 e. The number of carboxylic acids is 1. The molecule has 9 heteroatoms. The number of rotatable bonds is 6. The van der Waals surface area contributed by atoms with Gasteiger partial charge in [0.25, 0.3) is 0 Å². The summed E-state index contributed by atoms with van der Waals surface area (Å²) in [7, 11) is 1.45. The number of methoxy groups -OCH3 is 1. The molecule has 0 unspecified atom stereocenters. The van der Waals surface area contributed by atoms with E-state index >= 15 is 0 Å². The first-order valence-corrected chi connectivity index (χ1v) is 12.1. The molecule has 1 saturated carbocycles. The van der Waals surface area contributed by atoms with Crippen LogP contribution in [0.25, 0.3) is 32.8 Å². The van der Waals surface area contributed by atoms with Crippen LogP contribution in [-0.4, -0.2) is 52.7 Å². The molecule has 0 atom stereocenters. The molecule has 6 rings (SSSR count). The van der Waals surface area contributed by atoms with Crippen molar-refractivity contribution in [1.82, 2.24) is 15.2 Å². The lowest BCUT2D eigenvalue weighted by molar-refractivity contribution is -0.148. The SMILES string of the molecule is COc1cc(-c2c(C3CCOCC3)nc(OC3CC(C(=O)O)C3)c3cc4[nH]ncc4cc23)ccc1F. The van der Waals surface area contributed by atoms with Crippen molar-refractivity contribution in [1.29, 1.82) is 0 Å². The Morgan fingerprint density at radius 2 is 1.97 bits per heavy atom. The minimum atomic E-state index is -0.796. The topological polar surface area (TPSA) is 107 Å². The van der Waals surface area contributed by atoms with Crippen LogP contribution in [0.4, 0.5) is 4.39 Å². The average Bonchev–Trinajstić information content (AvgIpc) is 3.32. The van der Waals surface area contributed by atoms with Crippen molar-refractivity contribution in [2.75, 3.05) is 20.3 Å². The number of hydrogen-bond acceptors (Lipinski definition) is 6. The smallest absolute Gasteiger partial charge is 0.306 e. The summed E-state index contributed by atoms with van der Waals surface area (Å²) in [6.07, 6.45) is 4.08. The van der Waals surface area contributed by atoms with Crippen molar-refractivity contribution in [3.63, 3.8) is 0 Å². The average molecular weight is 492 g/mol. The summed E-state index contributed by atoms with van der Waals surface area (Å²) in [5, 5.41) is 19.1. The molecule has 2 aliphatic rings. The molecule has 1 aliphatic carbocycles. The van der Waals surface area contributed by atoms with Crippen molar-refractivity contribution in [2.24, 2.45) is 5.92 Å². The Kier molecular flexibility index (Phi) is 5.72. The van der Waals surface area contributed by atoms with E-state index in [0.29, 0.717) is 31.9 Å². The van der Waals surface area contributed by atoms with Gasteiger partial charge in [0.1, 0.15) is 6.10 Å². The van der Waals surface area contributed by atoms with E-state index in [1.807, 2.05) is 6.07 Å². The van der Waals surface area contributed by atoms with E-state index in [4.69, 9.17) is 19.2 Å². The lowest BCUT2D eigenvalue weighted by atomic mass is 9.82. The highest BCUT2D eigenvalue weighted by Crippen LogP contribution is 2.44. The highest BCUT2D eigenvalue weighted by Gasteiger charge is 2.37. The minimum absolute atomic E-state index is 0.129. The number of aliphatic carboxylic acids is 1. The molecule has 2 aromatic heterocycles. The zero-order valence-corrected chi connectivity index (χ0v) is 19.8. The van der Waals surface area contributed by atoms with E-state index in [1.165, 1.54) is 13.2 Å². The molecule has 8 nitrogen and oxygen atoms in total. The van der Waals surface area contributed by atoms with Gasteiger partial charge < -0.3 is 19.3 Å². The molecule has 2 fully saturated rings. The van der Waals surface area contributed by atoms with Crippen molar-refractivity contribution < 1.29 is 28.5 Å². The number of nitrogens with one attached hydrogen (secondary N) is 1. The van der Waals surface area contributed by atoms with Gasteiger partial charge >= 0.3 is 5.97 Å². The number of aromatic amines is 1. The number of carboxylic acid groups (broad SMARTS) is 1. The first-order valence-electron chi connectivity index (χ1n) is 12.1. The first kappa shape index (κ1) is 22.7. The summed E-state index contributed by atoms with van der Waals surface area (Å²) in [4.78, 5) is 16.4. The van der Waals surface area contributed by atoms with Gasteiger partial charge in [-0.1, -0.05) is 6.07 Å². The maximum atomic E-state index is 14.3. The van der Waals surface area contributed by atoms with Crippen molar-refractivity contribution >= 4 is 27.6 Å². The predicted molar refractivity (Wildman–Crippen MR) is 131 cm³/mol. The second-order valence-electron chi connectivity index (χ2n) is 9.51. The number of nitrogens with zero attached hydrogens (tertiary/aromatic N) is 2. The Morgan fingerprint density at radius 3 is 2.72 bits per heavy atom. The van der Waals surface area contributed by atoms with Gasteiger partial charge in [0.05, 0.1) is 30.4 Å². The summed E-state index contributed by atoms with van der Waals surface area (Å²) in [6, 6.07) is 8.89. The molecule has 2 N–H and O–H groups in total. The maximum absolute atomic E-state index is 14.3. The second-order valence-corrected chi connectivity index (χ2v) is 9.51. The lowest BCUT2D eigenvalue weighted by Gasteiger charge is -2.33. The first-order chi connectivity index (χ1) is 17.5. The van der Waals surface area contributed by atoms with E-state index in [2.05, 4.69) is 16.3 Å². The molecule has 4 aromatic rings. The number of halogens is 1. The van der Waals surface area contributed by atoms with Gasteiger partial charge in [-0.3, -0.25) is 9.89 Å². The highest BCUT2D eigenvalue weighted by atomic mass is 19.1. The molecule has 0 radical (unpaired) electrons. The van der Waals surface area contributed by atoms with Crippen LogP contribution in [0.2, 0.25) is 0 Å². The Morgan fingerprint density at radius 1 is 1.17 bits per heavy atom. The highest BCUT2D eigenvalue weighted by molar-refractivity contribution is 6.06. The normalized spacial score (nSPS) is 20.4. The van der Waals surface area contributed by atoms with E-state index in [-0.39, 0.29) is 23.7 Å². The van der Waals surface area contributed by atoms with E-state index in [9.17, 15) is 14.3 Å². The summed E-state index contributed by atoms with van der Waals surface area (Å²) in [5.41, 5.74) is 3.41. The Labute approximate surface area is 206 Å². The molecule has 186 valence electrons. The standard InChI is InChI=1S/C27H26FN3O5/c1-34-23-11-15(2-3-21(23)28)24-19-10-17-13-29-31-22(17)12-20(19)26(36-18-8-16(9-18)27(32)33)30-25(24)14-4-6-35-7-5-14/h2-3,10-14,16,18H,4-9H2,1H3,(H,29,31)(H,32,33). The molecule has 0 spiro atoms. The van der Waals surface area contributed by atoms with Crippen LogP contribution < -0.4 is 9.47 Å². The molecule has 0 bridgehead atoms. The Hall–Kier alpha value is -3.72. The van der Waals surface area contributed by atoms with Crippen LogP contribution in [-0.2, 0) is 9.53 Å². The number of ether oxygens (including phenoxy) is 3. The van der Waals surface area contributed by atoms with Crippen LogP contribution in [0.1, 0.15) is 37.3 Å². The van der Waals surface area contributed by atoms with Crippen molar-refractivity contribution in [3.8, 4) is 22.8 Å². The summed E-state index contributed by atoms with van der Waals surface area (Å²) < 4.78 is 31.6. The zero-order chi connectivity index (χ0) is 24.8.